The molecule has 0 aromatic heterocycles. The molecule has 1 aromatic carbocycles. The zero-order chi connectivity index (χ0) is 15.4. The highest BCUT2D eigenvalue weighted by atomic mass is 19.1. The van der Waals surface area contributed by atoms with Crippen molar-refractivity contribution in [3.63, 3.8) is 0 Å². The van der Waals surface area contributed by atoms with Crippen LogP contribution in [0.4, 0.5) is 8.78 Å². The third-order valence-corrected chi connectivity index (χ3v) is 3.63. The number of ether oxygens (including phenoxy) is 1. The average Bonchev–Trinajstić information content (AvgIpc) is 3.19. The van der Waals surface area contributed by atoms with Crippen molar-refractivity contribution in [1.29, 1.82) is 0 Å². The zero-order valence-electron chi connectivity index (χ0n) is 11.8. The van der Waals surface area contributed by atoms with E-state index < -0.39 is 29.6 Å². The fraction of sp³-hybridized carbons (Fsp3) is 0.533. The highest BCUT2D eigenvalue weighted by Crippen LogP contribution is 2.49. The first kappa shape index (κ1) is 15.9. The molecule has 0 aliphatic heterocycles. The smallest absolute Gasteiger partial charge is 0.223 e. The minimum absolute atomic E-state index is 0.00272. The van der Waals surface area contributed by atoms with Gasteiger partial charge in [0.05, 0.1) is 12.7 Å². The summed E-state index contributed by atoms with van der Waals surface area (Å²) in [6, 6.07) is 3.71. The Morgan fingerprint density at radius 1 is 1.48 bits per heavy atom. The maximum atomic E-state index is 13.6. The van der Waals surface area contributed by atoms with Crippen molar-refractivity contribution in [2.75, 3.05) is 20.3 Å². The van der Waals surface area contributed by atoms with Crippen molar-refractivity contribution < 1.29 is 23.4 Å². The molecule has 1 saturated carbocycles. The van der Waals surface area contributed by atoms with E-state index in [4.69, 9.17) is 4.74 Å². The first-order valence-corrected chi connectivity index (χ1v) is 6.93. The van der Waals surface area contributed by atoms with Crippen LogP contribution < -0.4 is 5.32 Å². The Labute approximate surface area is 122 Å². The Balaban J connectivity index is 1.82. The fourth-order valence-electron chi connectivity index (χ4n) is 2.44. The molecular formula is C15H19F2NO3. The van der Waals surface area contributed by atoms with Crippen LogP contribution in [0.25, 0.3) is 0 Å². The quantitative estimate of drug-likeness (QED) is 0.804. The Morgan fingerprint density at radius 2 is 2.14 bits per heavy atom. The molecule has 21 heavy (non-hydrogen) atoms. The maximum absolute atomic E-state index is 13.6. The third-order valence-electron chi connectivity index (χ3n) is 3.63. The largest absolute Gasteiger partial charge is 0.391 e. The number of hydrogen-bond donors (Lipinski definition) is 2. The van der Waals surface area contributed by atoms with Crippen LogP contribution in [-0.2, 0) is 9.53 Å². The lowest BCUT2D eigenvalue weighted by Crippen LogP contribution is -2.30. The van der Waals surface area contributed by atoms with Gasteiger partial charge in [0, 0.05) is 31.1 Å². The number of aliphatic hydroxyl groups is 1. The topological polar surface area (TPSA) is 58.6 Å². The van der Waals surface area contributed by atoms with Crippen LogP contribution in [0.15, 0.2) is 18.2 Å². The Hall–Kier alpha value is -1.53. The van der Waals surface area contributed by atoms with E-state index in [1.807, 2.05) is 0 Å². The van der Waals surface area contributed by atoms with Gasteiger partial charge in [0.15, 0.2) is 0 Å². The summed E-state index contributed by atoms with van der Waals surface area (Å²) in [5, 5.41) is 12.1. The molecule has 4 nitrogen and oxygen atoms in total. The van der Waals surface area contributed by atoms with E-state index in [0.717, 1.165) is 0 Å². The monoisotopic (exact) mass is 299 g/mol. The summed E-state index contributed by atoms with van der Waals surface area (Å²) in [7, 11) is 1.49. The predicted octanol–water partition coefficient (Wildman–Crippen LogP) is 1.58. The summed E-state index contributed by atoms with van der Waals surface area (Å²) in [4.78, 5) is 11.9. The molecule has 0 heterocycles. The molecule has 1 aliphatic carbocycles. The Bertz CT molecular complexity index is 489. The third kappa shape index (κ3) is 3.98. The Morgan fingerprint density at radius 3 is 2.76 bits per heavy atom. The molecule has 1 aromatic rings. The predicted molar refractivity (Wildman–Crippen MR) is 72.7 cm³/mol. The highest BCUT2D eigenvalue weighted by Gasteiger charge is 2.46. The summed E-state index contributed by atoms with van der Waals surface area (Å²) in [6.07, 6.45) is 0.198. The van der Waals surface area contributed by atoms with Gasteiger partial charge < -0.3 is 15.2 Å². The summed E-state index contributed by atoms with van der Waals surface area (Å²) >= 11 is 0. The molecule has 2 N–H and O–H groups in total. The fourth-order valence-corrected chi connectivity index (χ4v) is 2.44. The SMILES string of the molecule is COCC(O)CCNC(=O)C1CC1c1c(F)cccc1F. The minimum Gasteiger partial charge on any atom is -0.391 e. The van der Waals surface area contributed by atoms with E-state index in [9.17, 15) is 18.7 Å². The molecule has 3 atom stereocenters. The number of methoxy groups -OCH3 is 1. The number of carbonyl (C=O) groups excluding carboxylic acids is 1. The van der Waals surface area contributed by atoms with Crippen molar-refractivity contribution in [3.05, 3.63) is 35.4 Å². The van der Waals surface area contributed by atoms with Gasteiger partial charge in [0.1, 0.15) is 11.6 Å². The van der Waals surface area contributed by atoms with Crippen molar-refractivity contribution >= 4 is 5.91 Å². The van der Waals surface area contributed by atoms with Crippen LogP contribution in [0.1, 0.15) is 24.3 Å². The minimum atomic E-state index is -0.630. The number of hydrogen-bond acceptors (Lipinski definition) is 3. The number of nitrogens with one attached hydrogen (secondary N) is 1. The molecule has 0 spiro atoms. The lowest BCUT2D eigenvalue weighted by Gasteiger charge is -2.10. The van der Waals surface area contributed by atoms with E-state index in [2.05, 4.69) is 5.32 Å². The summed E-state index contributed by atoms with van der Waals surface area (Å²) < 4.78 is 32.0. The van der Waals surface area contributed by atoms with Gasteiger partial charge >= 0.3 is 0 Å². The molecule has 1 amide bonds. The zero-order valence-corrected chi connectivity index (χ0v) is 11.8. The summed E-state index contributed by atoms with van der Waals surface area (Å²) in [5.41, 5.74) is -0.00272. The van der Waals surface area contributed by atoms with E-state index in [1.54, 1.807) is 0 Å². The van der Waals surface area contributed by atoms with Gasteiger partial charge in [0.25, 0.3) is 0 Å². The first-order chi connectivity index (χ1) is 10.0. The van der Waals surface area contributed by atoms with Gasteiger partial charge in [-0.3, -0.25) is 4.79 Å². The number of halogens is 2. The van der Waals surface area contributed by atoms with Gasteiger partial charge in [-0.15, -0.1) is 0 Å². The number of rotatable bonds is 7. The van der Waals surface area contributed by atoms with Crippen molar-refractivity contribution in [2.24, 2.45) is 5.92 Å². The highest BCUT2D eigenvalue weighted by molar-refractivity contribution is 5.82. The maximum Gasteiger partial charge on any atom is 0.223 e. The molecule has 0 radical (unpaired) electrons. The molecular weight excluding hydrogens is 280 g/mol. The molecule has 6 heteroatoms. The van der Waals surface area contributed by atoms with Crippen LogP contribution in [0.5, 0.6) is 0 Å². The average molecular weight is 299 g/mol. The lowest BCUT2D eigenvalue weighted by molar-refractivity contribution is -0.122. The molecule has 1 aliphatic rings. The normalized spacial score (nSPS) is 21.9. The second-order valence-electron chi connectivity index (χ2n) is 5.27. The van der Waals surface area contributed by atoms with Crippen molar-refractivity contribution in [3.8, 4) is 0 Å². The van der Waals surface area contributed by atoms with Gasteiger partial charge in [0.2, 0.25) is 5.91 Å². The summed E-state index contributed by atoms with van der Waals surface area (Å²) in [6.45, 7) is 0.523. The lowest BCUT2D eigenvalue weighted by atomic mass is 10.1. The van der Waals surface area contributed by atoms with Crippen LogP contribution in [0.3, 0.4) is 0 Å². The number of benzene rings is 1. The van der Waals surface area contributed by atoms with Crippen molar-refractivity contribution in [2.45, 2.75) is 24.9 Å². The van der Waals surface area contributed by atoms with Crippen LogP contribution >= 0.6 is 0 Å². The van der Waals surface area contributed by atoms with E-state index >= 15 is 0 Å². The van der Waals surface area contributed by atoms with Gasteiger partial charge in [-0.25, -0.2) is 8.78 Å². The Kier molecular flexibility index (Phi) is 5.25. The van der Waals surface area contributed by atoms with Crippen LogP contribution in [0, 0.1) is 17.6 Å². The standard InChI is InChI=1S/C15H19F2NO3/c1-21-8-9(19)5-6-18-15(20)11-7-10(11)14-12(16)3-2-4-13(14)17/h2-4,9-11,19H,5-8H2,1H3,(H,18,20). The number of amides is 1. The molecule has 0 bridgehead atoms. The summed E-state index contributed by atoms with van der Waals surface area (Å²) in [5.74, 6) is -2.23. The van der Waals surface area contributed by atoms with Crippen molar-refractivity contribution in [1.82, 2.24) is 5.32 Å². The second kappa shape index (κ2) is 6.95. The second-order valence-corrected chi connectivity index (χ2v) is 5.27. The van der Waals surface area contributed by atoms with E-state index in [-0.39, 0.29) is 18.1 Å². The first-order valence-electron chi connectivity index (χ1n) is 6.93. The molecule has 0 saturated heterocycles. The number of aliphatic hydroxyl groups excluding tert-OH is 1. The number of carbonyl (C=O) groups is 1. The molecule has 2 rings (SSSR count). The van der Waals surface area contributed by atoms with Gasteiger partial charge in [-0.05, 0) is 25.0 Å². The molecule has 1 fully saturated rings. The van der Waals surface area contributed by atoms with Crippen LogP contribution in [-0.4, -0.2) is 37.4 Å². The molecule has 3 unspecified atom stereocenters. The van der Waals surface area contributed by atoms with Crippen LogP contribution in [0.2, 0.25) is 0 Å². The van der Waals surface area contributed by atoms with Gasteiger partial charge in [-0.2, -0.15) is 0 Å². The molecule has 116 valence electrons. The van der Waals surface area contributed by atoms with Gasteiger partial charge in [-0.1, -0.05) is 6.07 Å². The van der Waals surface area contributed by atoms with E-state index in [0.29, 0.717) is 19.4 Å². The van der Waals surface area contributed by atoms with E-state index in [1.165, 1.54) is 25.3 Å².